The molecular formula is C67H123N2O7P. The van der Waals surface area contributed by atoms with Crippen LogP contribution in [0.5, 0.6) is 0 Å². The average molecular weight is 1100 g/mol. The highest BCUT2D eigenvalue weighted by Gasteiger charge is 2.27. The summed E-state index contributed by atoms with van der Waals surface area (Å²) in [5, 5.41) is 3.01. The molecule has 3 atom stereocenters. The fraction of sp³-hybridized carbons (Fsp3) is 0.791. The molecular weight excluding hydrogens is 976 g/mol. The number of rotatable bonds is 58. The molecule has 77 heavy (non-hydrogen) atoms. The summed E-state index contributed by atoms with van der Waals surface area (Å²) < 4.78 is 30.3. The van der Waals surface area contributed by atoms with Crippen molar-refractivity contribution in [2.24, 2.45) is 0 Å². The lowest BCUT2D eigenvalue weighted by Gasteiger charge is -2.30. The van der Waals surface area contributed by atoms with Crippen LogP contribution in [-0.2, 0) is 27.9 Å². The van der Waals surface area contributed by atoms with Gasteiger partial charge in [-0.05, 0) is 96.0 Å². The lowest BCUT2D eigenvalue weighted by molar-refractivity contribution is -0.870. The second-order valence-electron chi connectivity index (χ2n) is 22.9. The van der Waals surface area contributed by atoms with Crippen molar-refractivity contribution < 1.29 is 37.3 Å². The molecule has 0 aliphatic heterocycles. The first-order valence-corrected chi connectivity index (χ1v) is 33.7. The Morgan fingerprint density at radius 3 is 1.30 bits per heavy atom. The van der Waals surface area contributed by atoms with Gasteiger partial charge in [0.25, 0.3) is 7.82 Å². The zero-order chi connectivity index (χ0) is 56.4. The predicted molar refractivity (Wildman–Crippen MR) is 330 cm³/mol. The third-order valence-corrected chi connectivity index (χ3v) is 15.1. The van der Waals surface area contributed by atoms with Crippen LogP contribution in [0.25, 0.3) is 0 Å². The number of nitrogens with one attached hydrogen (secondary N) is 1. The van der Waals surface area contributed by atoms with Crippen LogP contribution in [0.1, 0.15) is 290 Å². The van der Waals surface area contributed by atoms with Gasteiger partial charge in [-0.3, -0.25) is 14.2 Å². The summed E-state index contributed by atoms with van der Waals surface area (Å²) in [7, 11) is 1.16. The standard InChI is InChI=1S/C67H123N2O7P/c1-7-10-13-16-19-22-25-28-30-32-33-34-35-36-37-38-40-42-45-48-51-54-57-60-67(71)76-65(58-55-52-49-46-43-27-24-21-18-15-12-9-3)64(63-75-77(72,73)74-62-61-69(4,5)6)68-66(70)59-56-53-50-47-44-41-39-31-29-26-23-20-17-14-11-8-2/h19,22,28,30-31,33-34,39,41,44,55,58,64-65H,7-18,20-21,23-27,29,32,35-38,40,42-43,45-54,56-57,59-63H2,1-6H3,(H-,68,70,72,73)/b22-19-,30-28-,34-33-,39-31+,44-41+,58-55-. The van der Waals surface area contributed by atoms with Crippen molar-refractivity contribution in [2.45, 2.75) is 303 Å². The Balaban J connectivity index is 5.22. The molecule has 0 radical (unpaired) electrons. The zero-order valence-corrected chi connectivity index (χ0v) is 52.0. The maximum Gasteiger partial charge on any atom is 0.306 e. The first kappa shape index (κ1) is 74.5. The van der Waals surface area contributed by atoms with E-state index in [-0.39, 0.29) is 31.3 Å². The molecule has 0 aromatic heterocycles. The Labute approximate surface area is 476 Å². The van der Waals surface area contributed by atoms with Crippen LogP contribution in [0.2, 0.25) is 0 Å². The van der Waals surface area contributed by atoms with Crippen molar-refractivity contribution in [1.82, 2.24) is 5.32 Å². The van der Waals surface area contributed by atoms with E-state index in [4.69, 9.17) is 13.8 Å². The summed E-state index contributed by atoms with van der Waals surface area (Å²) in [6.45, 7) is 6.80. The van der Waals surface area contributed by atoms with E-state index in [9.17, 15) is 19.0 Å². The van der Waals surface area contributed by atoms with Crippen molar-refractivity contribution in [1.29, 1.82) is 0 Å². The van der Waals surface area contributed by atoms with E-state index in [1.54, 1.807) is 0 Å². The normalized spacial score (nSPS) is 14.1. The molecule has 0 aliphatic carbocycles. The summed E-state index contributed by atoms with van der Waals surface area (Å²) in [4.78, 5) is 40.0. The summed E-state index contributed by atoms with van der Waals surface area (Å²) in [6, 6.07) is -0.906. The highest BCUT2D eigenvalue weighted by atomic mass is 31.2. The van der Waals surface area contributed by atoms with E-state index in [0.717, 1.165) is 89.9 Å². The second-order valence-corrected chi connectivity index (χ2v) is 24.3. The number of quaternary nitrogens is 1. The number of amides is 1. The molecule has 0 saturated carbocycles. The highest BCUT2D eigenvalue weighted by molar-refractivity contribution is 7.45. The molecule has 0 spiro atoms. The van der Waals surface area contributed by atoms with Gasteiger partial charge in [-0.2, -0.15) is 0 Å². The molecule has 3 unspecified atom stereocenters. The van der Waals surface area contributed by atoms with E-state index in [0.29, 0.717) is 17.4 Å². The van der Waals surface area contributed by atoms with Gasteiger partial charge in [-0.1, -0.05) is 255 Å². The van der Waals surface area contributed by atoms with Crippen LogP contribution >= 0.6 is 7.82 Å². The monoisotopic (exact) mass is 1100 g/mol. The third kappa shape index (κ3) is 57.9. The summed E-state index contributed by atoms with van der Waals surface area (Å²) in [6.07, 6.45) is 73.0. The number of ether oxygens (including phenoxy) is 1. The maximum atomic E-state index is 13.5. The molecule has 1 amide bonds. The third-order valence-electron chi connectivity index (χ3n) is 14.1. The van der Waals surface area contributed by atoms with Crippen LogP contribution in [-0.4, -0.2) is 69.4 Å². The number of hydrogen-bond donors (Lipinski definition) is 1. The first-order chi connectivity index (χ1) is 37.4. The van der Waals surface area contributed by atoms with Crippen LogP contribution in [0.15, 0.2) is 72.9 Å². The number of carbonyl (C=O) groups is 2. The minimum Gasteiger partial charge on any atom is -0.756 e. The molecule has 0 aromatic carbocycles. The number of allylic oxidation sites excluding steroid dienone is 11. The van der Waals surface area contributed by atoms with Gasteiger partial charge in [0.1, 0.15) is 19.3 Å². The molecule has 1 N–H and O–H groups in total. The summed E-state index contributed by atoms with van der Waals surface area (Å²) in [5.74, 6) is -0.572. The van der Waals surface area contributed by atoms with Gasteiger partial charge in [0.15, 0.2) is 0 Å². The Bertz CT molecular complexity index is 1550. The quantitative estimate of drug-likeness (QED) is 0.0161. The number of likely N-dealkylation sites (N-methyl/N-ethyl adjacent to an activating group) is 1. The number of esters is 1. The van der Waals surface area contributed by atoms with Crippen molar-refractivity contribution >= 4 is 19.7 Å². The highest BCUT2D eigenvalue weighted by Crippen LogP contribution is 2.38. The van der Waals surface area contributed by atoms with Crippen molar-refractivity contribution in [2.75, 3.05) is 40.9 Å². The van der Waals surface area contributed by atoms with Gasteiger partial charge < -0.3 is 28.5 Å². The largest absolute Gasteiger partial charge is 0.756 e. The summed E-state index contributed by atoms with van der Waals surface area (Å²) >= 11 is 0. The van der Waals surface area contributed by atoms with Gasteiger partial charge in [0.05, 0.1) is 33.8 Å². The molecule has 0 aliphatic rings. The van der Waals surface area contributed by atoms with Crippen LogP contribution < -0.4 is 10.2 Å². The van der Waals surface area contributed by atoms with Gasteiger partial charge in [-0.25, -0.2) is 0 Å². The molecule has 0 saturated heterocycles. The fourth-order valence-electron chi connectivity index (χ4n) is 9.11. The number of phosphoric acid groups is 1. The SMILES string of the molecule is CCCCC/C=C\C/C=C\C/C=C\CCCCCCCCCCCCC(=O)OC(/C=C\CCCCCCCCCCCC)C(COP(=O)([O-])OCC[N+](C)(C)C)NC(=O)CCCCC/C=C/C=C/CCCCCCCCC. The maximum absolute atomic E-state index is 13.5. The number of carbonyl (C=O) groups excluding carboxylic acids is 2. The van der Waals surface area contributed by atoms with Gasteiger partial charge in [0, 0.05) is 12.8 Å². The van der Waals surface area contributed by atoms with E-state index >= 15 is 0 Å². The van der Waals surface area contributed by atoms with Crippen LogP contribution in [0.3, 0.4) is 0 Å². The molecule has 10 heteroatoms. The Kier molecular flexibility index (Phi) is 54.8. The topological polar surface area (TPSA) is 114 Å². The average Bonchev–Trinajstić information content (AvgIpc) is 3.39. The molecule has 0 aromatic rings. The summed E-state index contributed by atoms with van der Waals surface area (Å²) in [5.41, 5.74) is 0. The molecule has 9 nitrogen and oxygen atoms in total. The predicted octanol–water partition coefficient (Wildman–Crippen LogP) is 19.4. The first-order valence-electron chi connectivity index (χ1n) is 32.3. The molecule has 448 valence electrons. The van der Waals surface area contributed by atoms with E-state index in [1.165, 1.54) is 161 Å². The minimum atomic E-state index is -4.71. The lowest BCUT2D eigenvalue weighted by Crippen LogP contribution is -2.47. The Morgan fingerprint density at radius 2 is 0.831 bits per heavy atom. The van der Waals surface area contributed by atoms with Crippen molar-refractivity contribution in [3.05, 3.63) is 72.9 Å². The van der Waals surface area contributed by atoms with Gasteiger partial charge in [0.2, 0.25) is 5.91 Å². The minimum absolute atomic E-state index is 0.0298. The Hall–Kier alpha value is -2.55. The van der Waals surface area contributed by atoms with E-state index in [2.05, 4.69) is 86.8 Å². The fourth-order valence-corrected chi connectivity index (χ4v) is 9.83. The number of phosphoric ester groups is 1. The van der Waals surface area contributed by atoms with Crippen LogP contribution in [0.4, 0.5) is 0 Å². The zero-order valence-electron chi connectivity index (χ0n) is 51.2. The number of unbranched alkanes of at least 4 members (excludes halogenated alkanes) is 33. The molecule has 0 rings (SSSR count). The van der Waals surface area contributed by atoms with Crippen LogP contribution in [0, 0.1) is 0 Å². The van der Waals surface area contributed by atoms with Crippen molar-refractivity contribution in [3.63, 3.8) is 0 Å². The van der Waals surface area contributed by atoms with E-state index in [1.807, 2.05) is 33.3 Å². The second kappa shape index (κ2) is 56.7. The lowest BCUT2D eigenvalue weighted by atomic mass is 10.0. The van der Waals surface area contributed by atoms with Gasteiger partial charge in [-0.15, -0.1) is 0 Å². The van der Waals surface area contributed by atoms with Crippen molar-refractivity contribution in [3.8, 4) is 0 Å². The van der Waals surface area contributed by atoms with E-state index < -0.39 is 26.6 Å². The number of hydrogen-bond acceptors (Lipinski definition) is 7. The Morgan fingerprint density at radius 1 is 0.468 bits per heavy atom. The molecule has 0 heterocycles. The van der Waals surface area contributed by atoms with Gasteiger partial charge >= 0.3 is 5.97 Å². The molecule has 0 fully saturated rings. The number of nitrogens with zero attached hydrogens (tertiary/aromatic N) is 1. The smallest absolute Gasteiger partial charge is 0.306 e. The molecule has 0 bridgehead atoms.